The summed E-state index contributed by atoms with van der Waals surface area (Å²) in [4.78, 5) is 12.8. The molecule has 0 aromatic carbocycles. The van der Waals surface area contributed by atoms with Gasteiger partial charge in [-0.2, -0.15) is 0 Å². The van der Waals surface area contributed by atoms with Crippen molar-refractivity contribution < 1.29 is 69.0 Å². The molecule has 0 amide bonds. The second kappa shape index (κ2) is 30.9. The summed E-state index contributed by atoms with van der Waals surface area (Å²) in [6.07, 6.45) is 15.0. The molecule has 2 fully saturated rings. The number of carbonyl (C=O) groups excluding carboxylic acids is 1. The molecule has 11 unspecified atom stereocenters. The van der Waals surface area contributed by atoms with Gasteiger partial charge in [0.25, 0.3) is 0 Å². The van der Waals surface area contributed by atoms with Gasteiger partial charge >= 0.3 is 5.97 Å². The van der Waals surface area contributed by atoms with Crippen molar-refractivity contribution in [2.24, 2.45) is 0 Å². The summed E-state index contributed by atoms with van der Waals surface area (Å²) in [7, 11) is 0. The van der Waals surface area contributed by atoms with Gasteiger partial charge in [0.2, 0.25) is 0 Å². The standard InChI is InChI=1S/C42H72O14/c1-3-5-7-9-11-13-14-15-16-17-19-21-23-25-34(44)54-31(28-51-26-24-22-20-18-12-10-8-6-4-2)29-52-41-40(50)38(48)36(46)33(56-41)30-53-42-39(49)37(47)35(45)32(27-43)55-42/h5,7,11,13,15-16,19,21,31-33,35-43,45-50H,3-4,6,8-10,12,14,17-18,20,22-30H2,1-2H3/b7-5-,13-11-,16-15-,21-19-. The fraction of sp³-hybridized carbons (Fsp3) is 0.786. The largest absolute Gasteiger partial charge is 0.457 e. The normalized spacial score (nSPS) is 29.3. The Labute approximate surface area is 333 Å². The lowest BCUT2D eigenvalue weighted by molar-refractivity contribution is -0.332. The minimum atomic E-state index is -1.72. The summed E-state index contributed by atoms with van der Waals surface area (Å²) in [6.45, 7) is 3.41. The molecule has 14 nitrogen and oxygen atoms in total. The Morgan fingerprint density at radius 3 is 1.71 bits per heavy atom. The van der Waals surface area contributed by atoms with Gasteiger partial charge in [-0.25, -0.2) is 0 Å². The van der Waals surface area contributed by atoms with Crippen LogP contribution in [0.2, 0.25) is 0 Å². The molecule has 2 rings (SSSR count). The van der Waals surface area contributed by atoms with Crippen molar-refractivity contribution in [1.29, 1.82) is 0 Å². The lowest BCUT2D eigenvalue weighted by Gasteiger charge is -2.42. The molecular weight excluding hydrogens is 728 g/mol. The maximum Gasteiger partial charge on any atom is 0.306 e. The van der Waals surface area contributed by atoms with Crippen molar-refractivity contribution in [3.8, 4) is 0 Å². The number of unbranched alkanes of at least 4 members (excludes halogenated alkanes) is 8. The predicted octanol–water partition coefficient (Wildman–Crippen LogP) is 3.67. The smallest absolute Gasteiger partial charge is 0.306 e. The molecule has 0 saturated carbocycles. The van der Waals surface area contributed by atoms with Crippen LogP contribution in [0.15, 0.2) is 48.6 Å². The van der Waals surface area contributed by atoms with Gasteiger partial charge in [0.05, 0.1) is 26.4 Å². The predicted molar refractivity (Wildman–Crippen MR) is 210 cm³/mol. The number of allylic oxidation sites excluding steroid dienone is 8. The average Bonchev–Trinajstić information content (AvgIpc) is 3.19. The van der Waals surface area contributed by atoms with Crippen LogP contribution in [-0.4, -0.2) is 142 Å². The minimum absolute atomic E-state index is 0.0321. The number of aliphatic hydroxyl groups excluding tert-OH is 7. The highest BCUT2D eigenvalue weighted by Crippen LogP contribution is 2.26. The van der Waals surface area contributed by atoms with E-state index in [1.807, 2.05) is 12.2 Å². The van der Waals surface area contributed by atoms with Crippen LogP contribution >= 0.6 is 0 Å². The summed E-state index contributed by atoms with van der Waals surface area (Å²) < 4.78 is 33.9. The molecule has 0 aliphatic carbocycles. The molecule has 2 aliphatic heterocycles. The Morgan fingerprint density at radius 1 is 0.607 bits per heavy atom. The summed E-state index contributed by atoms with van der Waals surface area (Å²) in [5.41, 5.74) is 0. The average molecular weight is 801 g/mol. The molecule has 0 spiro atoms. The topological polar surface area (TPSA) is 214 Å². The number of ether oxygens (including phenoxy) is 6. The van der Waals surface area contributed by atoms with Crippen LogP contribution < -0.4 is 0 Å². The fourth-order valence-corrected chi connectivity index (χ4v) is 6.18. The lowest BCUT2D eigenvalue weighted by atomic mass is 9.98. The van der Waals surface area contributed by atoms with Crippen molar-refractivity contribution in [3.63, 3.8) is 0 Å². The molecule has 0 aromatic rings. The Morgan fingerprint density at radius 2 is 1.12 bits per heavy atom. The first-order valence-electron chi connectivity index (χ1n) is 20.7. The van der Waals surface area contributed by atoms with E-state index >= 15 is 0 Å². The van der Waals surface area contributed by atoms with Crippen LogP contribution in [0, 0.1) is 0 Å². The number of hydrogen-bond donors (Lipinski definition) is 7. The van der Waals surface area contributed by atoms with E-state index in [-0.39, 0.29) is 19.6 Å². The Hall–Kier alpha value is -2.05. The zero-order chi connectivity index (χ0) is 41.0. The molecule has 56 heavy (non-hydrogen) atoms. The van der Waals surface area contributed by atoms with Crippen molar-refractivity contribution in [2.75, 3.05) is 33.0 Å². The molecule has 0 aromatic heterocycles. The van der Waals surface area contributed by atoms with E-state index in [0.29, 0.717) is 13.0 Å². The summed E-state index contributed by atoms with van der Waals surface area (Å²) in [6, 6.07) is 0. The van der Waals surface area contributed by atoms with E-state index in [1.54, 1.807) is 0 Å². The molecule has 2 saturated heterocycles. The van der Waals surface area contributed by atoms with E-state index in [2.05, 4.69) is 50.3 Å². The van der Waals surface area contributed by atoms with Gasteiger partial charge in [-0.05, 0) is 38.5 Å². The van der Waals surface area contributed by atoms with Gasteiger partial charge in [-0.3, -0.25) is 4.79 Å². The number of hydrogen-bond acceptors (Lipinski definition) is 14. The van der Waals surface area contributed by atoms with Crippen LogP contribution in [0.5, 0.6) is 0 Å². The second-order valence-corrected chi connectivity index (χ2v) is 14.4. The van der Waals surface area contributed by atoms with Crippen molar-refractivity contribution in [3.05, 3.63) is 48.6 Å². The zero-order valence-electron chi connectivity index (χ0n) is 33.6. The van der Waals surface area contributed by atoms with Crippen LogP contribution in [-0.2, 0) is 33.2 Å². The van der Waals surface area contributed by atoms with E-state index in [0.717, 1.165) is 44.9 Å². The van der Waals surface area contributed by atoms with Gasteiger partial charge in [0.15, 0.2) is 12.6 Å². The molecule has 11 atom stereocenters. The molecule has 7 N–H and O–H groups in total. The van der Waals surface area contributed by atoms with Crippen LogP contribution in [0.25, 0.3) is 0 Å². The van der Waals surface area contributed by atoms with Gasteiger partial charge < -0.3 is 64.2 Å². The molecule has 324 valence electrons. The summed E-state index contributed by atoms with van der Waals surface area (Å²) in [5, 5.41) is 71.6. The Bertz CT molecular complexity index is 1110. The fourth-order valence-electron chi connectivity index (χ4n) is 6.18. The minimum Gasteiger partial charge on any atom is -0.457 e. The first-order chi connectivity index (χ1) is 27.1. The van der Waals surface area contributed by atoms with Crippen molar-refractivity contribution >= 4 is 5.97 Å². The van der Waals surface area contributed by atoms with Gasteiger partial charge in [0.1, 0.15) is 54.9 Å². The quantitative estimate of drug-likeness (QED) is 0.0314. The van der Waals surface area contributed by atoms with Crippen LogP contribution in [0.1, 0.15) is 110 Å². The monoisotopic (exact) mass is 800 g/mol. The van der Waals surface area contributed by atoms with Crippen LogP contribution in [0.3, 0.4) is 0 Å². The Kier molecular flexibility index (Phi) is 27.7. The summed E-state index contributed by atoms with van der Waals surface area (Å²) >= 11 is 0. The first kappa shape index (κ1) is 50.1. The maximum atomic E-state index is 12.8. The highest BCUT2D eigenvalue weighted by atomic mass is 16.7. The van der Waals surface area contributed by atoms with E-state index in [9.17, 15) is 40.5 Å². The highest BCUT2D eigenvalue weighted by Gasteiger charge is 2.47. The number of carbonyl (C=O) groups is 1. The Balaban J connectivity index is 1.89. The number of rotatable bonds is 30. The lowest BCUT2D eigenvalue weighted by Crippen LogP contribution is -2.61. The van der Waals surface area contributed by atoms with Gasteiger partial charge in [-0.15, -0.1) is 0 Å². The number of esters is 1. The van der Waals surface area contributed by atoms with E-state index in [4.69, 9.17) is 28.4 Å². The molecule has 2 aliphatic rings. The number of aliphatic hydroxyl groups is 7. The van der Waals surface area contributed by atoms with E-state index in [1.165, 1.54) is 38.5 Å². The zero-order valence-corrected chi connectivity index (χ0v) is 33.6. The highest BCUT2D eigenvalue weighted by molar-refractivity contribution is 5.69. The molecular formula is C42H72O14. The van der Waals surface area contributed by atoms with Crippen molar-refractivity contribution in [2.45, 2.75) is 178 Å². The maximum absolute atomic E-state index is 12.8. The first-order valence-corrected chi connectivity index (χ1v) is 20.7. The van der Waals surface area contributed by atoms with Gasteiger partial charge in [0, 0.05) is 13.0 Å². The second-order valence-electron chi connectivity index (χ2n) is 14.4. The molecule has 14 heteroatoms. The van der Waals surface area contributed by atoms with Crippen LogP contribution in [0.4, 0.5) is 0 Å². The third kappa shape index (κ3) is 20.1. The van der Waals surface area contributed by atoms with Gasteiger partial charge in [-0.1, -0.05) is 114 Å². The third-order valence-electron chi connectivity index (χ3n) is 9.62. The molecule has 2 heterocycles. The molecule has 0 bridgehead atoms. The van der Waals surface area contributed by atoms with E-state index < -0.39 is 86.7 Å². The third-order valence-corrected chi connectivity index (χ3v) is 9.62. The van der Waals surface area contributed by atoms with Crippen molar-refractivity contribution in [1.82, 2.24) is 0 Å². The molecule has 0 radical (unpaired) electrons. The summed E-state index contributed by atoms with van der Waals surface area (Å²) in [5.74, 6) is -0.459. The SMILES string of the molecule is CC/C=C\C/C=C\C/C=C\C/C=C\CCC(=O)OC(COCCCCCCCCCCC)COC1OC(COC2OC(CO)C(O)C(O)C2O)C(O)C(O)C1O.